The van der Waals surface area contributed by atoms with Gasteiger partial charge in [0.05, 0.1) is 4.90 Å². The second kappa shape index (κ2) is 8.13. The number of rotatable bonds is 6. The monoisotopic (exact) mass is 420 g/mol. The topological polar surface area (TPSA) is 121 Å². The Balaban J connectivity index is 1.67. The predicted octanol–water partition coefficient (Wildman–Crippen LogP) is 2.98. The van der Waals surface area contributed by atoms with Crippen LogP contribution in [0.25, 0.3) is 0 Å². The maximum Gasteiger partial charge on any atom is 0.280 e. The number of aromatic amines is 1. The van der Waals surface area contributed by atoms with Crippen molar-refractivity contribution in [1.29, 1.82) is 0 Å². The van der Waals surface area contributed by atoms with E-state index in [1.54, 1.807) is 36.4 Å². The number of H-pyrrole nitrogens is 1. The third kappa shape index (κ3) is 4.03. The number of hydrogen-bond donors (Lipinski definition) is 2. The van der Waals surface area contributed by atoms with Crippen LogP contribution in [-0.2, 0) is 10.0 Å². The van der Waals surface area contributed by atoms with Gasteiger partial charge in [-0.2, -0.15) is 5.10 Å². The van der Waals surface area contributed by atoms with E-state index in [4.69, 9.17) is 0 Å². The highest BCUT2D eigenvalue weighted by molar-refractivity contribution is 7.92. The van der Waals surface area contributed by atoms with Gasteiger partial charge in [-0.1, -0.05) is 18.2 Å². The van der Waals surface area contributed by atoms with Crippen LogP contribution in [0.1, 0.15) is 10.5 Å². The van der Waals surface area contributed by atoms with Crippen molar-refractivity contribution in [3.8, 4) is 0 Å². The van der Waals surface area contributed by atoms with Gasteiger partial charge in [0.15, 0.2) is 0 Å². The van der Waals surface area contributed by atoms with Crippen LogP contribution in [0.2, 0.25) is 0 Å². The Morgan fingerprint density at radius 2 is 1.50 bits per heavy atom. The van der Waals surface area contributed by atoms with E-state index in [1.807, 2.05) is 18.2 Å². The predicted molar refractivity (Wildman–Crippen MR) is 111 cm³/mol. The molecule has 0 fully saturated rings. The Kier molecular flexibility index (Phi) is 5.22. The number of carbonyl (C=O) groups excluding carboxylic acids is 1. The van der Waals surface area contributed by atoms with Gasteiger partial charge in [0.1, 0.15) is 5.69 Å². The number of benzene rings is 2. The van der Waals surface area contributed by atoms with Crippen LogP contribution in [-0.4, -0.2) is 34.5 Å². The van der Waals surface area contributed by atoms with Crippen molar-refractivity contribution in [2.75, 3.05) is 9.62 Å². The molecule has 4 aromatic rings. The smallest absolute Gasteiger partial charge is 0.276 e. The summed E-state index contributed by atoms with van der Waals surface area (Å²) in [4.78, 5) is 22.2. The molecular formula is C20H16N6O3S. The second-order valence-electron chi connectivity index (χ2n) is 6.12. The number of nitrogens with zero attached hydrogens (tertiary/aromatic N) is 4. The summed E-state index contributed by atoms with van der Waals surface area (Å²) >= 11 is 0. The van der Waals surface area contributed by atoms with E-state index in [0.29, 0.717) is 17.1 Å². The first kappa shape index (κ1) is 19.3. The Hall–Kier alpha value is -4.05. The Labute approximate surface area is 172 Å². The molecule has 0 saturated heterocycles. The zero-order valence-electron chi connectivity index (χ0n) is 15.5. The van der Waals surface area contributed by atoms with Gasteiger partial charge in [-0.3, -0.25) is 14.8 Å². The van der Waals surface area contributed by atoms with E-state index in [9.17, 15) is 13.2 Å². The number of hydrogen-bond acceptors (Lipinski definition) is 6. The number of aromatic nitrogens is 4. The Morgan fingerprint density at radius 1 is 0.833 bits per heavy atom. The molecule has 2 heterocycles. The molecule has 30 heavy (non-hydrogen) atoms. The largest absolute Gasteiger partial charge is 0.280 e. The summed E-state index contributed by atoms with van der Waals surface area (Å²) in [6.07, 6.45) is 4.36. The Bertz CT molecular complexity index is 1230. The van der Waals surface area contributed by atoms with Gasteiger partial charge in [0, 0.05) is 30.0 Å². The van der Waals surface area contributed by atoms with Gasteiger partial charge in [0.25, 0.3) is 15.9 Å². The van der Waals surface area contributed by atoms with Crippen molar-refractivity contribution in [3.63, 3.8) is 0 Å². The molecule has 1 amide bonds. The molecule has 0 spiro atoms. The number of anilines is 3. The van der Waals surface area contributed by atoms with Gasteiger partial charge in [-0.25, -0.2) is 23.1 Å². The zero-order chi connectivity index (χ0) is 21.0. The second-order valence-corrected chi connectivity index (χ2v) is 7.80. The summed E-state index contributed by atoms with van der Waals surface area (Å²) in [5.41, 5.74) is 1.43. The van der Waals surface area contributed by atoms with Gasteiger partial charge < -0.3 is 0 Å². The van der Waals surface area contributed by atoms with E-state index in [0.717, 1.165) is 0 Å². The maximum absolute atomic E-state index is 13.0. The molecule has 0 radical (unpaired) electrons. The maximum atomic E-state index is 13.0. The molecule has 0 aliphatic rings. The van der Waals surface area contributed by atoms with Crippen molar-refractivity contribution in [3.05, 3.63) is 91.0 Å². The first-order valence-electron chi connectivity index (χ1n) is 8.83. The molecule has 0 unspecified atom stereocenters. The summed E-state index contributed by atoms with van der Waals surface area (Å²) < 4.78 is 27.5. The molecule has 2 N–H and O–H groups in total. The lowest BCUT2D eigenvalue weighted by molar-refractivity contribution is 0.0994. The minimum Gasteiger partial charge on any atom is -0.276 e. The molecule has 0 aliphatic heterocycles. The van der Waals surface area contributed by atoms with E-state index >= 15 is 0 Å². The zero-order valence-corrected chi connectivity index (χ0v) is 16.3. The highest BCUT2D eigenvalue weighted by atomic mass is 32.2. The number of amides is 1. The molecule has 0 atom stereocenters. The van der Waals surface area contributed by atoms with E-state index in [1.165, 1.54) is 35.6 Å². The molecule has 0 saturated carbocycles. The lowest BCUT2D eigenvalue weighted by Crippen LogP contribution is -2.26. The van der Waals surface area contributed by atoms with Gasteiger partial charge in [-0.05, 0) is 48.5 Å². The molecule has 4 rings (SSSR count). The average Bonchev–Trinajstić information content (AvgIpc) is 3.30. The minimum atomic E-state index is -3.88. The van der Waals surface area contributed by atoms with Crippen LogP contribution >= 0.6 is 0 Å². The molecule has 0 aliphatic carbocycles. The van der Waals surface area contributed by atoms with Gasteiger partial charge in [0.2, 0.25) is 5.95 Å². The van der Waals surface area contributed by atoms with Crippen molar-refractivity contribution in [2.45, 2.75) is 4.90 Å². The standard InChI is InChI=1S/C20H16N6O3S/c27-19(18-11-14-23-24-18)26(15-5-2-1-3-6-15)16-7-9-17(10-8-16)30(28,29)25-20-21-12-4-13-22-20/h1-14H,(H,23,24)(H,21,22,25). The van der Waals surface area contributed by atoms with Crippen LogP contribution in [0.4, 0.5) is 17.3 Å². The molecule has 2 aromatic heterocycles. The fraction of sp³-hybridized carbons (Fsp3) is 0. The molecule has 2 aromatic carbocycles. The van der Waals surface area contributed by atoms with Crippen molar-refractivity contribution >= 4 is 33.3 Å². The van der Waals surface area contributed by atoms with Crippen LogP contribution in [0.5, 0.6) is 0 Å². The summed E-state index contributed by atoms with van der Waals surface area (Å²) in [7, 11) is -3.88. The lowest BCUT2D eigenvalue weighted by Gasteiger charge is -2.22. The molecule has 9 nitrogen and oxygen atoms in total. The van der Waals surface area contributed by atoms with Crippen LogP contribution in [0.3, 0.4) is 0 Å². The van der Waals surface area contributed by atoms with Gasteiger partial charge >= 0.3 is 0 Å². The van der Waals surface area contributed by atoms with Crippen molar-refractivity contribution in [2.24, 2.45) is 0 Å². The molecular weight excluding hydrogens is 404 g/mol. The van der Waals surface area contributed by atoms with E-state index < -0.39 is 10.0 Å². The normalized spacial score (nSPS) is 11.1. The summed E-state index contributed by atoms with van der Waals surface area (Å²) in [6.45, 7) is 0. The molecule has 10 heteroatoms. The first-order valence-corrected chi connectivity index (χ1v) is 10.3. The lowest BCUT2D eigenvalue weighted by atomic mass is 10.2. The van der Waals surface area contributed by atoms with Crippen molar-refractivity contribution < 1.29 is 13.2 Å². The van der Waals surface area contributed by atoms with E-state index in [-0.39, 0.29) is 16.8 Å². The molecule has 0 bridgehead atoms. The summed E-state index contributed by atoms with van der Waals surface area (Å²) in [5.74, 6) is -0.355. The number of sulfonamides is 1. The molecule has 150 valence electrons. The van der Waals surface area contributed by atoms with Crippen LogP contribution in [0.15, 0.2) is 90.2 Å². The number of nitrogens with one attached hydrogen (secondary N) is 2. The number of para-hydroxylation sites is 1. The quantitative estimate of drug-likeness (QED) is 0.495. The minimum absolute atomic E-state index is 0.0145. The van der Waals surface area contributed by atoms with Crippen LogP contribution < -0.4 is 9.62 Å². The summed E-state index contributed by atoms with van der Waals surface area (Å²) in [5, 5.41) is 6.49. The highest BCUT2D eigenvalue weighted by Gasteiger charge is 2.22. The fourth-order valence-electron chi connectivity index (χ4n) is 2.76. The number of carbonyl (C=O) groups is 1. The third-order valence-electron chi connectivity index (χ3n) is 4.15. The summed E-state index contributed by atoms with van der Waals surface area (Å²) in [6, 6.07) is 18.1. The third-order valence-corrected chi connectivity index (χ3v) is 5.49. The van der Waals surface area contributed by atoms with Crippen molar-refractivity contribution in [1.82, 2.24) is 20.2 Å². The van der Waals surface area contributed by atoms with E-state index in [2.05, 4.69) is 24.9 Å². The average molecular weight is 420 g/mol. The SMILES string of the molecule is O=C(c1ccn[nH]1)N(c1ccccc1)c1ccc(S(=O)(=O)Nc2ncccn2)cc1. The fourth-order valence-corrected chi connectivity index (χ4v) is 3.72. The first-order chi connectivity index (χ1) is 14.5. The van der Waals surface area contributed by atoms with Gasteiger partial charge in [-0.15, -0.1) is 0 Å². The Morgan fingerprint density at radius 3 is 2.13 bits per heavy atom. The highest BCUT2D eigenvalue weighted by Crippen LogP contribution is 2.28. The van der Waals surface area contributed by atoms with Crippen LogP contribution in [0, 0.1) is 0 Å².